The first-order chi connectivity index (χ1) is 13.3. The minimum atomic E-state index is -0.372. The summed E-state index contributed by atoms with van der Waals surface area (Å²) in [5.74, 6) is 0.537. The minimum Gasteiger partial charge on any atom is -0.380 e. The summed E-state index contributed by atoms with van der Waals surface area (Å²) in [7, 11) is 0. The Morgan fingerprint density at radius 1 is 0.963 bits per heavy atom. The molecular formula is C25H31NO. The number of hydrogen-bond acceptors (Lipinski definition) is 2. The highest BCUT2D eigenvalue weighted by Crippen LogP contribution is 2.39. The zero-order valence-electron chi connectivity index (χ0n) is 16.5. The zero-order chi connectivity index (χ0) is 19.0. The number of allylic oxidation sites excluding steroid dienone is 2. The van der Waals surface area contributed by atoms with Crippen molar-refractivity contribution in [3.63, 3.8) is 0 Å². The third-order valence-corrected chi connectivity index (χ3v) is 5.10. The Bertz CT molecular complexity index is 709. The largest absolute Gasteiger partial charge is 0.380 e. The molecule has 0 fully saturated rings. The topological polar surface area (TPSA) is 21.3 Å². The molecule has 1 unspecified atom stereocenters. The smallest absolute Gasteiger partial charge is 0.0945 e. The highest BCUT2D eigenvalue weighted by Gasteiger charge is 2.37. The van der Waals surface area contributed by atoms with Gasteiger partial charge < -0.3 is 4.74 Å². The van der Waals surface area contributed by atoms with Gasteiger partial charge in [-0.15, -0.1) is 0 Å². The maximum Gasteiger partial charge on any atom is 0.0945 e. The van der Waals surface area contributed by atoms with Crippen LogP contribution in [0, 0.1) is 5.92 Å². The maximum atomic E-state index is 5.76. The molecule has 2 aromatic rings. The van der Waals surface area contributed by atoms with E-state index < -0.39 is 0 Å². The first-order valence-electron chi connectivity index (χ1n) is 10.1. The molecule has 1 atom stereocenters. The standard InChI is InChI=1S/C25H31NO/c1-3-18-27-19-17-26-25(22-12-6-4-7-13-22,23-14-8-5-9-15-23)24-16-10-11-21(2)20-24/h4-10,12-16,20-21,26H,3,11,17-19H2,1-2H3. The van der Waals surface area contributed by atoms with Crippen molar-refractivity contribution in [3.05, 3.63) is 95.6 Å². The van der Waals surface area contributed by atoms with Gasteiger partial charge in [0.1, 0.15) is 0 Å². The Morgan fingerprint density at radius 2 is 1.59 bits per heavy atom. The summed E-state index contributed by atoms with van der Waals surface area (Å²) in [6.07, 6.45) is 9.16. The van der Waals surface area contributed by atoms with Crippen molar-refractivity contribution < 1.29 is 4.74 Å². The predicted molar refractivity (Wildman–Crippen MR) is 114 cm³/mol. The van der Waals surface area contributed by atoms with Crippen LogP contribution in [0.15, 0.2) is 84.5 Å². The van der Waals surface area contributed by atoms with E-state index in [4.69, 9.17) is 4.74 Å². The minimum absolute atomic E-state index is 0.372. The van der Waals surface area contributed by atoms with Crippen LogP contribution in [0.1, 0.15) is 37.8 Å². The number of rotatable bonds is 9. The fourth-order valence-corrected chi connectivity index (χ4v) is 3.83. The molecule has 0 spiro atoms. The van der Waals surface area contributed by atoms with Crippen molar-refractivity contribution in [1.29, 1.82) is 0 Å². The molecule has 2 heteroatoms. The average molecular weight is 362 g/mol. The Balaban J connectivity index is 2.06. The van der Waals surface area contributed by atoms with Gasteiger partial charge in [-0.2, -0.15) is 0 Å². The molecule has 0 saturated heterocycles. The quantitative estimate of drug-likeness (QED) is 0.598. The summed E-state index contributed by atoms with van der Waals surface area (Å²) in [4.78, 5) is 0. The van der Waals surface area contributed by atoms with Crippen molar-refractivity contribution in [2.75, 3.05) is 19.8 Å². The molecule has 2 nitrogen and oxygen atoms in total. The summed E-state index contributed by atoms with van der Waals surface area (Å²) in [6.45, 7) is 6.75. The van der Waals surface area contributed by atoms with Crippen molar-refractivity contribution >= 4 is 0 Å². The normalized spacial score (nSPS) is 17.0. The Morgan fingerprint density at radius 3 is 2.15 bits per heavy atom. The molecule has 2 aromatic carbocycles. The number of nitrogens with one attached hydrogen (secondary N) is 1. The molecule has 0 heterocycles. The van der Waals surface area contributed by atoms with Gasteiger partial charge in [-0.1, -0.05) is 92.7 Å². The van der Waals surface area contributed by atoms with Crippen LogP contribution >= 0.6 is 0 Å². The monoisotopic (exact) mass is 361 g/mol. The van der Waals surface area contributed by atoms with Crippen molar-refractivity contribution in [2.45, 2.75) is 32.2 Å². The summed E-state index contributed by atoms with van der Waals surface area (Å²) < 4.78 is 5.76. The number of ether oxygens (including phenoxy) is 1. The Labute approximate surface area is 164 Å². The molecule has 3 rings (SSSR count). The molecule has 1 aliphatic carbocycles. The van der Waals surface area contributed by atoms with Crippen molar-refractivity contribution in [1.82, 2.24) is 5.32 Å². The maximum absolute atomic E-state index is 5.76. The van der Waals surface area contributed by atoms with Gasteiger partial charge in [0.15, 0.2) is 0 Å². The fourth-order valence-electron chi connectivity index (χ4n) is 3.83. The van der Waals surface area contributed by atoms with E-state index >= 15 is 0 Å². The number of benzene rings is 2. The molecule has 0 amide bonds. The summed E-state index contributed by atoms with van der Waals surface area (Å²) in [5, 5.41) is 3.87. The van der Waals surface area contributed by atoms with E-state index in [0.29, 0.717) is 12.5 Å². The van der Waals surface area contributed by atoms with Crippen LogP contribution in [0.4, 0.5) is 0 Å². The third-order valence-electron chi connectivity index (χ3n) is 5.10. The molecule has 0 aromatic heterocycles. The molecular weight excluding hydrogens is 330 g/mol. The highest BCUT2D eigenvalue weighted by molar-refractivity contribution is 5.52. The van der Waals surface area contributed by atoms with Crippen LogP contribution < -0.4 is 5.32 Å². The molecule has 142 valence electrons. The van der Waals surface area contributed by atoms with E-state index in [1.54, 1.807) is 0 Å². The van der Waals surface area contributed by atoms with Gasteiger partial charge in [0, 0.05) is 13.2 Å². The number of hydrogen-bond donors (Lipinski definition) is 1. The lowest BCUT2D eigenvalue weighted by atomic mass is 9.74. The molecule has 0 saturated carbocycles. The summed E-state index contributed by atoms with van der Waals surface area (Å²) >= 11 is 0. The SMILES string of the molecule is CCCOCCNC(C1=CC(C)CC=C1)(c1ccccc1)c1ccccc1. The van der Waals surface area contributed by atoms with E-state index in [9.17, 15) is 0 Å². The lowest BCUT2D eigenvalue weighted by Gasteiger charge is -2.39. The van der Waals surface area contributed by atoms with Gasteiger partial charge in [-0.25, -0.2) is 0 Å². The van der Waals surface area contributed by atoms with Crippen LogP contribution in [0.25, 0.3) is 0 Å². The van der Waals surface area contributed by atoms with E-state index in [2.05, 4.69) is 98.1 Å². The highest BCUT2D eigenvalue weighted by atomic mass is 16.5. The van der Waals surface area contributed by atoms with Crippen LogP contribution in [0.5, 0.6) is 0 Å². The molecule has 0 bridgehead atoms. The first-order valence-corrected chi connectivity index (χ1v) is 10.1. The molecule has 0 aliphatic heterocycles. The fraction of sp³-hybridized carbons (Fsp3) is 0.360. The Hall–Kier alpha value is -2.16. The zero-order valence-corrected chi connectivity index (χ0v) is 16.5. The summed E-state index contributed by atoms with van der Waals surface area (Å²) in [5.41, 5.74) is 3.46. The average Bonchev–Trinajstić information content (AvgIpc) is 2.72. The van der Waals surface area contributed by atoms with Gasteiger partial charge in [-0.3, -0.25) is 5.32 Å². The van der Waals surface area contributed by atoms with E-state index in [-0.39, 0.29) is 5.54 Å². The van der Waals surface area contributed by atoms with Crippen LogP contribution in [0.2, 0.25) is 0 Å². The van der Waals surface area contributed by atoms with Gasteiger partial charge in [-0.05, 0) is 35.5 Å². The predicted octanol–water partition coefficient (Wildman–Crippen LogP) is 5.47. The second-order valence-corrected chi connectivity index (χ2v) is 7.26. The molecule has 1 N–H and O–H groups in total. The van der Waals surface area contributed by atoms with Gasteiger partial charge in [0.2, 0.25) is 0 Å². The second kappa shape index (κ2) is 9.68. The molecule has 0 radical (unpaired) electrons. The second-order valence-electron chi connectivity index (χ2n) is 7.26. The van der Waals surface area contributed by atoms with Crippen molar-refractivity contribution in [2.24, 2.45) is 5.92 Å². The van der Waals surface area contributed by atoms with Crippen molar-refractivity contribution in [3.8, 4) is 0 Å². The Kier molecular flexibility index (Phi) is 7.03. The molecule has 1 aliphatic rings. The summed E-state index contributed by atoms with van der Waals surface area (Å²) in [6, 6.07) is 21.5. The third kappa shape index (κ3) is 4.58. The molecule has 27 heavy (non-hydrogen) atoms. The van der Waals surface area contributed by atoms with Gasteiger partial charge >= 0.3 is 0 Å². The first kappa shape index (κ1) is 19.6. The van der Waals surface area contributed by atoms with E-state index in [0.717, 1.165) is 26.0 Å². The van der Waals surface area contributed by atoms with Gasteiger partial charge in [0.05, 0.1) is 12.1 Å². The van der Waals surface area contributed by atoms with E-state index in [1.165, 1.54) is 16.7 Å². The van der Waals surface area contributed by atoms with Crippen LogP contribution in [0.3, 0.4) is 0 Å². The van der Waals surface area contributed by atoms with Crippen LogP contribution in [-0.4, -0.2) is 19.8 Å². The lowest BCUT2D eigenvalue weighted by molar-refractivity contribution is 0.132. The van der Waals surface area contributed by atoms with Crippen LogP contribution in [-0.2, 0) is 10.3 Å². The van der Waals surface area contributed by atoms with Gasteiger partial charge in [0.25, 0.3) is 0 Å². The van der Waals surface area contributed by atoms with E-state index in [1.807, 2.05) is 0 Å². The lowest BCUT2D eigenvalue weighted by Crippen LogP contribution is -2.46.